The minimum atomic E-state index is -0.455. The van der Waals surface area contributed by atoms with Gasteiger partial charge in [-0.1, -0.05) is 25.5 Å². The Hall–Kier alpha value is -0.670. The van der Waals surface area contributed by atoms with Crippen molar-refractivity contribution in [3.05, 3.63) is 11.6 Å². The Morgan fingerprint density at radius 2 is 1.93 bits per heavy atom. The van der Waals surface area contributed by atoms with Crippen molar-refractivity contribution in [2.24, 2.45) is 46.3 Å². The van der Waals surface area contributed by atoms with Gasteiger partial charge >= 0.3 is 0 Å². The molecule has 1 N–H and O–H groups in total. The van der Waals surface area contributed by atoms with Gasteiger partial charge in [-0.15, -0.1) is 0 Å². The molecule has 5 aliphatic carbocycles. The minimum absolute atomic E-state index is 0.177. The summed E-state index contributed by atoms with van der Waals surface area (Å²) in [4.78, 5) is 12.3. The smallest absolute Gasteiger partial charge is 0.133 e. The minimum Gasteiger partial charge on any atom is -0.389 e. The number of carbonyl (C=O) groups is 1. The number of allylic oxidation sites excluding steroid dienone is 2. The lowest BCUT2D eigenvalue weighted by molar-refractivity contribution is -0.124. The summed E-state index contributed by atoms with van der Waals surface area (Å²) < 4.78 is 5.44. The van der Waals surface area contributed by atoms with Crippen LogP contribution >= 0.6 is 0 Å². The molecule has 4 fully saturated rings. The maximum Gasteiger partial charge on any atom is 0.133 e. The number of fused-ring (bicyclic) bond motifs is 7. The van der Waals surface area contributed by atoms with E-state index in [0.29, 0.717) is 42.0 Å². The fraction of sp³-hybridized carbons (Fsp3) is 0.875. The molecule has 150 valence electrons. The van der Waals surface area contributed by atoms with E-state index in [0.717, 1.165) is 25.7 Å². The number of ether oxygens (including phenoxy) is 1. The van der Waals surface area contributed by atoms with Crippen molar-refractivity contribution in [3.63, 3.8) is 0 Å². The van der Waals surface area contributed by atoms with Gasteiger partial charge in [0.05, 0.1) is 12.2 Å². The highest BCUT2D eigenvalue weighted by Gasteiger charge is 2.73. The maximum atomic E-state index is 12.3. The van der Waals surface area contributed by atoms with Gasteiger partial charge in [0.2, 0.25) is 0 Å². The van der Waals surface area contributed by atoms with Gasteiger partial charge in [0.25, 0.3) is 0 Å². The zero-order chi connectivity index (χ0) is 19.2. The molecule has 0 aromatic carbocycles. The molecule has 0 spiro atoms. The highest BCUT2D eigenvalue weighted by molar-refractivity contribution is 5.79. The van der Waals surface area contributed by atoms with E-state index in [1.807, 2.05) is 0 Å². The monoisotopic (exact) mass is 372 g/mol. The van der Waals surface area contributed by atoms with Gasteiger partial charge in [-0.3, -0.25) is 4.79 Å². The van der Waals surface area contributed by atoms with Crippen molar-refractivity contribution in [2.75, 3.05) is 13.7 Å². The first-order valence-corrected chi connectivity index (χ1v) is 11.2. The molecule has 0 heterocycles. The highest BCUT2D eigenvalue weighted by Crippen LogP contribution is 2.73. The zero-order valence-electron chi connectivity index (χ0n) is 17.5. The van der Waals surface area contributed by atoms with E-state index < -0.39 is 5.60 Å². The third kappa shape index (κ3) is 2.19. The Morgan fingerprint density at radius 1 is 1.19 bits per heavy atom. The summed E-state index contributed by atoms with van der Waals surface area (Å²) in [5.41, 5.74) is 1.68. The fourth-order valence-corrected chi connectivity index (χ4v) is 8.80. The maximum absolute atomic E-state index is 12.3. The second kappa shape index (κ2) is 5.69. The van der Waals surface area contributed by atoms with Crippen LogP contribution in [0.15, 0.2) is 11.6 Å². The molecule has 3 heteroatoms. The number of rotatable bonds is 3. The number of ketones is 1. The molecule has 9 atom stereocenters. The average molecular weight is 373 g/mol. The van der Waals surface area contributed by atoms with Crippen LogP contribution in [0, 0.1) is 46.3 Å². The van der Waals surface area contributed by atoms with Crippen LogP contribution in [0.25, 0.3) is 0 Å². The molecule has 0 amide bonds. The largest absolute Gasteiger partial charge is 0.389 e. The standard InChI is InChI=1S/C24H36O3/c1-14(25)16-7-8-17-15-5-6-19-21-20(13-27-4)24(21,26)12-11-23(19,3)18(15)9-10-22(16,17)2/h9,15-17,19-21,26H,5-8,10-13H2,1-4H3/t15-,16+,17-,19+,20?,21?,22+,23+,24-/m0/s1. The lowest BCUT2D eigenvalue weighted by Gasteiger charge is -2.56. The van der Waals surface area contributed by atoms with E-state index in [1.54, 1.807) is 19.6 Å². The van der Waals surface area contributed by atoms with E-state index in [2.05, 4.69) is 19.9 Å². The van der Waals surface area contributed by atoms with Crippen molar-refractivity contribution in [3.8, 4) is 0 Å². The molecule has 0 radical (unpaired) electrons. The Bertz CT molecular complexity index is 698. The van der Waals surface area contributed by atoms with E-state index in [1.165, 1.54) is 19.3 Å². The van der Waals surface area contributed by atoms with Crippen molar-refractivity contribution in [1.82, 2.24) is 0 Å². The molecular weight excluding hydrogens is 336 g/mol. The third-order valence-electron chi connectivity index (χ3n) is 10.2. The van der Waals surface area contributed by atoms with Crippen LogP contribution in [-0.4, -0.2) is 30.2 Å². The number of methoxy groups -OCH3 is 1. The molecule has 0 bridgehead atoms. The predicted octanol–water partition coefficient (Wildman–Crippen LogP) is 4.39. The molecule has 0 saturated heterocycles. The van der Waals surface area contributed by atoms with Crippen molar-refractivity contribution < 1.29 is 14.6 Å². The Morgan fingerprint density at radius 3 is 2.63 bits per heavy atom. The van der Waals surface area contributed by atoms with Crippen LogP contribution in [0.3, 0.4) is 0 Å². The molecule has 4 saturated carbocycles. The normalized spacial score (nSPS) is 55.7. The molecule has 5 rings (SSSR count). The summed E-state index contributed by atoms with van der Waals surface area (Å²) in [6.45, 7) is 7.41. The predicted molar refractivity (Wildman–Crippen MR) is 105 cm³/mol. The van der Waals surface area contributed by atoms with Gasteiger partial charge in [-0.05, 0) is 86.4 Å². The first-order chi connectivity index (χ1) is 12.8. The molecule has 0 aromatic rings. The average Bonchev–Trinajstić information content (AvgIpc) is 3.03. The highest BCUT2D eigenvalue weighted by atomic mass is 16.5. The number of Topliss-reactive ketones (excluding diaryl/α,β-unsaturated/α-hetero) is 1. The number of hydrogen-bond acceptors (Lipinski definition) is 3. The molecule has 3 nitrogen and oxygen atoms in total. The van der Waals surface area contributed by atoms with Crippen LogP contribution in [0.2, 0.25) is 0 Å². The fourth-order valence-electron chi connectivity index (χ4n) is 8.80. The van der Waals surface area contributed by atoms with Gasteiger partial charge in [-0.25, -0.2) is 0 Å². The van der Waals surface area contributed by atoms with Crippen LogP contribution in [0.1, 0.15) is 65.7 Å². The van der Waals surface area contributed by atoms with Crippen LogP contribution in [0.4, 0.5) is 0 Å². The SMILES string of the molecule is COCC1C2[C@H]3CC[C@@H]4C(=CC[C@]5(C)[C@@H](C(C)=O)CC[C@@H]45)[C@@]3(C)CC[C@]12O. The Kier molecular flexibility index (Phi) is 3.87. The molecule has 0 aromatic heterocycles. The molecule has 2 unspecified atom stereocenters. The number of aliphatic hydroxyl groups is 1. The van der Waals surface area contributed by atoms with Crippen molar-refractivity contribution in [2.45, 2.75) is 71.3 Å². The first-order valence-electron chi connectivity index (χ1n) is 11.2. The van der Waals surface area contributed by atoms with Gasteiger partial charge in [0.15, 0.2) is 0 Å². The lowest BCUT2D eigenvalue weighted by Crippen LogP contribution is -2.49. The Labute approximate surface area is 163 Å². The van der Waals surface area contributed by atoms with E-state index >= 15 is 0 Å². The summed E-state index contributed by atoms with van der Waals surface area (Å²) in [6, 6.07) is 0. The topological polar surface area (TPSA) is 46.5 Å². The van der Waals surface area contributed by atoms with Gasteiger partial charge in [0.1, 0.15) is 5.78 Å². The van der Waals surface area contributed by atoms with E-state index in [-0.39, 0.29) is 16.7 Å². The molecule has 5 aliphatic rings. The van der Waals surface area contributed by atoms with Crippen molar-refractivity contribution in [1.29, 1.82) is 0 Å². The van der Waals surface area contributed by atoms with Gasteiger partial charge in [-0.2, -0.15) is 0 Å². The molecule has 27 heavy (non-hydrogen) atoms. The summed E-state index contributed by atoms with van der Waals surface area (Å²) in [6.07, 6.45) is 10.5. The molecular formula is C24H36O3. The number of carbonyl (C=O) groups excluding carboxylic acids is 1. The second-order valence-corrected chi connectivity index (χ2v) is 11.0. The third-order valence-corrected chi connectivity index (χ3v) is 10.2. The Balaban J connectivity index is 1.47. The van der Waals surface area contributed by atoms with Crippen LogP contribution < -0.4 is 0 Å². The summed E-state index contributed by atoms with van der Waals surface area (Å²) >= 11 is 0. The summed E-state index contributed by atoms with van der Waals surface area (Å²) in [5.74, 6) is 3.39. The first kappa shape index (κ1) is 18.4. The van der Waals surface area contributed by atoms with Crippen LogP contribution in [0.5, 0.6) is 0 Å². The van der Waals surface area contributed by atoms with E-state index in [9.17, 15) is 9.90 Å². The van der Waals surface area contributed by atoms with Gasteiger partial charge in [0, 0.05) is 18.9 Å². The zero-order valence-corrected chi connectivity index (χ0v) is 17.5. The second-order valence-electron chi connectivity index (χ2n) is 11.0. The van der Waals surface area contributed by atoms with Crippen molar-refractivity contribution >= 4 is 5.78 Å². The lowest BCUT2D eigenvalue weighted by atomic mass is 9.48. The summed E-state index contributed by atoms with van der Waals surface area (Å²) in [5, 5.41) is 11.1. The van der Waals surface area contributed by atoms with Gasteiger partial charge < -0.3 is 9.84 Å². The molecule has 0 aliphatic heterocycles. The quantitative estimate of drug-likeness (QED) is 0.748. The summed E-state index contributed by atoms with van der Waals surface area (Å²) in [7, 11) is 1.76. The van der Waals surface area contributed by atoms with E-state index in [4.69, 9.17) is 4.74 Å². The number of hydrogen-bond donors (Lipinski definition) is 1. The van der Waals surface area contributed by atoms with Crippen LogP contribution in [-0.2, 0) is 9.53 Å².